The predicted octanol–water partition coefficient (Wildman–Crippen LogP) is 3.08. The minimum atomic E-state index is 0.383. The summed E-state index contributed by atoms with van der Waals surface area (Å²) >= 11 is 0. The summed E-state index contributed by atoms with van der Waals surface area (Å²) in [6, 6.07) is 12.1. The van der Waals surface area contributed by atoms with Crippen LogP contribution in [0.2, 0.25) is 0 Å². The number of methoxy groups -OCH3 is 1. The molecule has 20 heavy (non-hydrogen) atoms. The van der Waals surface area contributed by atoms with Crippen molar-refractivity contribution in [2.45, 2.75) is 45.8 Å². The van der Waals surface area contributed by atoms with Crippen LogP contribution in [0.4, 0.5) is 0 Å². The summed E-state index contributed by atoms with van der Waals surface area (Å²) in [7, 11) is 1.77. The molecule has 0 spiro atoms. The molecule has 1 N–H and O–H groups in total. The average Bonchev–Trinajstić information content (AvgIpc) is 2.42. The molecule has 0 heterocycles. The van der Waals surface area contributed by atoms with E-state index in [9.17, 15) is 0 Å². The first-order valence-corrected chi connectivity index (χ1v) is 7.59. The first-order valence-electron chi connectivity index (χ1n) is 7.59. The Morgan fingerprint density at radius 1 is 1.10 bits per heavy atom. The maximum Gasteiger partial charge on any atom is 0.0590 e. The molecule has 0 saturated heterocycles. The Balaban J connectivity index is 2.88. The molecule has 0 aliphatic rings. The molecule has 3 heteroatoms. The molecule has 1 atom stereocenters. The number of rotatable bonds is 9. The minimum Gasteiger partial charge on any atom is -0.383 e. The van der Waals surface area contributed by atoms with Crippen LogP contribution in [0.5, 0.6) is 0 Å². The maximum atomic E-state index is 5.27. The van der Waals surface area contributed by atoms with Gasteiger partial charge in [0.05, 0.1) is 6.61 Å². The zero-order chi connectivity index (χ0) is 15.0. The quantitative estimate of drug-likeness (QED) is 0.751. The van der Waals surface area contributed by atoms with E-state index in [2.05, 4.69) is 68.2 Å². The van der Waals surface area contributed by atoms with Gasteiger partial charge in [-0.25, -0.2) is 0 Å². The Morgan fingerprint density at radius 3 is 2.25 bits per heavy atom. The molecule has 0 aliphatic carbocycles. The van der Waals surface area contributed by atoms with Gasteiger partial charge >= 0.3 is 0 Å². The first-order chi connectivity index (χ1) is 9.56. The third kappa shape index (κ3) is 5.61. The standard InChI is InChI=1S/C17H30N2O/c1-14(2)18-13-17(16-9-7-6-8-10-16)19(15(3)4)11-12-20-5/h6-10,14-15,17-18H,11-13H2,1-5H3. The lowest BCUT2D eigenvalue weighted by atomic mass is 10.0. The highest BCUT2D eigenvalue weighted by molar-refractivity contribution is 5.19. The average molecular weight is 278 g/mol. The highest BCUT2D eigenvalue weighted by Crippen LogP contribution is 2.22. The van der Waals surface area contributed by atoms with Gasteiger partial charge in [0.25, 0.3) is 0 Å². The summed E-state index contributed by atoms with van der Waals surface area (Å²) < 4.78 is 5.27. The Labute approximate surface area is 124 Å². The fourth-order valence-corrected chi connectivity index (χ4v) is 2.42. The van der Waals surface area contributed by atoms with Gasteiger partial charge in [-0.15, -0.1) is 0 Å². The van der Waals surface area contributed by atoms with Crippen LogP contribution < -0.4 is 5.32 Å². The van der Waals surface area contributed by atoms with E-state index in [4.69, 9.17) is 4.74 Å². The molecular formula is C17H30N2O. The van der Waals surface area contributed by atoms with E-state index in [1.54, 1.807) is 7.11 Å². The van der Waals surface area contributed by atoms with Crippen LogP contribution in [0.25, 0.3) is 0 Å². The summed E-state index contributed by atoms with van der Waals surface area (Å²) in [5.74, 6) is 0. The van der Waals surface area contributed by atoms with Gasteiger partial charge in [-0.2, -0.15) is 0 Å². The third-order valence-corrected chi connectivity index (χ3v) is 3.52. The Hall–Kier alpha value is -0.900. The summed E-state index contributed by atoms with van der Waals surface area (Å²) in [5.41, 5.74) is 1.37. The fourth-order valence-electron chi connectivity index (χ4n) is 2.42. The number of nitrogens with zero attached hydrogens (tertiary/aromatic N) is 1. The Kier molecular flexibility index (Phi) is 7.82. The van der Waals surface area contributed by atoms with Gasteiger partial charge < -0.3 is 10.1 Å². The van der Waals surface area contributed by atoms with Crippen LogP contribution in [-0.2, 0) is 4.74 Å². The van der Waals surface area contributed by atoms with Crippen molar-refractivity contribution in [1.82, 2.24) is 10.2 Å². The van der Waals surface area contributed by atoms with Crippen molar-refractivity contribution in [3.05, 3.63) is 35.9 Å². The van der Waals surface area contributed by atoms with E-state index in [0.29, 0.717) is 18.1 Å². The summed E-state index contributed by atoms with van der Waals surface area (Å²) in [6.45, 7) is 11.6. The van der Waals surface area contributed by atoms with Gasteiger partial charge in [0, 0.05) is 38.3 Å². The van der Waals surface area contributed by atoms with Crippen LogP contribution in [0.1, 0.15) is 39.3 Å². The fraction of sp³-hybridized carbons (Fsp3) is 0.647. The van der Waals surface area contributed by atoms with Crippen molar-refractivity contribution in [3.63, 3.8) is 0 Å². The summed E-state index contributed by atoms with van der Waals surface area (Å²) in [5, 5.41) is 3.57. The number of hydrogen-bond acceptors (Lipinski definition) is 3. The van der Waals surface area contributed by atoms with Crippen molar-refractivity contribution in [1.29, 1.82) is 0 Å². The van der Waals surface area contributed by atoms with E-state index in [1.165, 1.54) is 5.56 Å². The Bertz CT molecular complexity index is 351. The second kappa shape index (κ2) is 9.11. The van der Waals surface area contributed by atoms with Gasteiger partial charge in [0.15, 0.2) is 0 Å². The highest BCUT2D eigenvalue weighted by Gasteiger charge is 2.22. The number of nitrogens with one attached hydrogen (secondary N) is 1. The molecule has 114 valence electrons. The van der Waals surface area contributed by atoms with E-state index < -0.39 is 0 Å². The zero-order valence-corrected chi connectivity index (χ0v) is 13.6. The number of ether oxygens (including phenoxy) is 1. The summed E-state index contributed by atoms with van der Waals surface area (Å²) in [4.78, 5) is 2.51. The van der Waals surface area contributed by atoms with Crippen LogP contribution in [-0.4, -0.2) is 43.8 Å². The molecule has 1 aromatic rings. The van der Waals surface area contributed by atoms with E-state index in [0.717, 1.165) is 19.7 Å². The van der Waals surface area contributed by atoms with Crippen molar-refractivity contribution < 1.29 is 4.74 Å². The monoisotopic (exact) mass is 278 g/mol. The van der Waals surface area contributed by atoms with E-state index >= 15 is 0 Å². The summed E-state index contributed by atoms with van der Waals surface area (Å²) in [6.07, 6.45) is 0. The molecule has 0 aromatic heterocycles. The second-order valence-corrected chi connectivity index (χ2v) is 5.81. The largest absolute Gasteiger partial charge is 0.383 e. The molecule has 1 rings (SSSR count). The van der Waals surface area contributed by atoms with Crippen molar-refractivity contribution >= 4 is 0 Å². The Morgan fingerprint density at radius 2 is 1.75 bits per heavy atom. The van der Waals surface area contributed by atoms with Gasteiger partial charge in [0.2, 0.25) is 0 Å². The highest BCUT2D eigenvalue weighted by atomic mass is 16.5. The van der Waals surface area contributed by atoms with Crippen LogP contribution in [0.15, 0.2) is 30.3 Å². The molecule has 0 aliphatic heterocycles. The molecule has 0 fully saturated rings. The lowest BCUT2D eigenvalue weighted by Gasteiger charge is -2.36. The van der Waals surface area contributed by atoms with Crippen molar-refractivity contribution in [3.8, 4) is 0 Å². The molecule has 0 saturated carbocycles. The molecule has 0 bridgehead atoms. The van der Waals surface area contributed by atoms with Crippen molar-refractivity contribution in [2.24, 2.45) is 0 Å². The molecule has 1 unspecified atom stereocenters. The number of hydrogen-bond donors (Lipinski definition) is 1. The van der Waals surface area contributed by atoms with E-state index in [-0.39, 0.29) is 0 Å². The number of benzene rings is 1. The van der Waals surface area contributed by atoms with Crippen LogP contribution in [0.3, 0.4) is 0 Å². The van der Waals surface area contributed by atoms with Crippen molar-refractivity contribution in [2.75, 3.05) is 26.8 Å². The van der Waals surface area contributed by atoms with Gasteiger partial charge in [-0.3, -0.25) is 4.90 Å². The smallest absolute Gasteiger partial charge is 0.0590 e. The predicted molar refractivity (Wildman–Crippen MR) is 86.0 cm³/mol. The molecule has 0 radical (unpaired) electrons. The van der Waals surface area contributed by atoms with Crippen LogP contribution >= 0.6 is 0 Å². The SMILES string of the molecule is COCCN(C(C)C)C(CNC(C)C)c1ccccc1. The lowest BCUT2D eigenvalue weighted by Crippen LogP contribution is -2.43. The third-order valence-electron chi connectivity index (χ3n) is 3.52. The molecule has 1 aromatic carbocycles. The second-order valence-electron chi connectivity index (χ2n) is 5.81. The minimum absolute atomic E-state index is 0.383. The van der Waals surface area contributed by atoms with Gasteiger partial charge in [-0.1, -0.05) is 44.2 Å². The lowest BCUT2D eigenvalue weighted by molar-refractivity contribution is 0.0936. The topological polar surface area (TPSA) is 24.5 Å². The maximum absolute atomic E-state index is 5.27. The molecule has 0 amide bonds. The van der Waals surface area contributed by atoms with Gasteiger partial charge in [-0.05, 0) is 19.4 Å². The van der Waals surface area contributed by atoms with E-state index in [1.807, 2.05) is 0 Å². The molecular weight excluding hydrogens is 248 g/mol. The van der Waals surface area contributed by atoms with Gasteiger partial charge in [0.1, 0.15) is 0 Å². The molecule has 3 nitrogen and oxygen atoms in total. The zero-order valence-electron chi connectivity index (χ0n) is 13.6. The normalized spacial score (nSPS) is 13.4. The first kappa shape index (κ1) is 17.2. The van der Waals surface area contributed by atoms with Crippen LogP contribution in [0, 0.1) is 0 Å².